The first-order valence-electron chi connectivity index (χ1n) is 6.13. The number of carboxylic acids is 1. The van der Waals surface area contributed by atoms with E-state index in [0.717, 1.165) is 32.5 Å². The molecule has 2 unspecified atom stereocenters. The summed E-state index contributed by atoms with van der Waals surface area (Å²) in [6.45, 7) is 9.74. The van der Waals surface area contributed by atoms with Gasteiger partial charge < -0.3 is 5.11 Å². The molecule has 0 saturated carbocycles. The van der Waals surface area contributed by atoms with Crippen molar-refractivity contribution >= 4 is 5.97 Å². The summed E-state index contributed by atoms with van der Waals surface area (Å²) in [4.78, 5) is 15.6. The maximum atomic E-state index is 11.0. The zero-order valence-electron chi connectivity index (χ0n) is 10.4. The van der Waals surface area contributed by atoms with E-state index >= 15 is 0 Å². The molecule has 1 N–H and O–H groups in total. The Labute approximate surface area is 97.2 Å². The van der Waals surface area contributed by atoms with Gasteiger partial charge in [-0.15, -0.1) is 0 Å². The Bertz CT molecular complexity index is 285. The molecule has 2 rings (SSSR count). The molecule has 0 aromatic carbocycles. The van der Waals surface area contributed by atoms with Crippen LogP contribution in [0.4, 0.5) is 0 Å². The molecule has 0 bridgehead atoms. The second-order valence-electron chi connectivity index (χ2n) is 5.94. The number of hydrogen-bond donors (Lipinski definition) is 1. The molecule has 0 radical (unpaired) electrons. The fourth-order valence-corrected chi connectivity index (χ4v) is 2.73. The highest BCUT2D eigenvalue weighted by molar-refractivity contribution is 5.74. The third-order valence-electron chi connectivity index (χ3n) is 3.93. The smallest absolute Gasteiger partial charge is 0.320 e. The molecule has 4 nitrogen and oxygen atoms in total. The molecule has 2 saturated heterocycles. The Hall–Kier alpha value is -0.610. The normalized spacial score (nSPS) is 32.7. The minimum Gasteiger partial charge on any atom is -0.480 e. The van der Waals surface area contributed by atoms with E-state index in [4.69, 9.17) is 5.11 Å². The molecule has 0 aliphatic carbocycles. The van der Waals surface area contributed by atoms with Crippen LogP contribution in [0.2, 0.25) is 0 Å². The van der Waals surface area contributed by atoms with Gasteiger partial charge in [-0.3, -0.25) is 14.6 Å². The number of aliphatic carboxylic acids is 1. The van der Waals surface area contributed by atoms with Gasteiger partial charge in [-0.1, -0.05) is 0 Å². The van der Waals surface area contributed by atoms with Crippen LogP contribution in [0.3, 0.4) is 0 Å². The lowest BCUT2D eigenvalue weighted by Crippen LogP contribution is -2.58. The number of hydrogen-bond acceptors (Lipinski definition) is 3. The van der Waals surface area contributed by atoms with Gasteiger partial charge in [0.1, 0.15) is 6.04 Å². The molecule has 4 heteroatoms. The summed E-state index contributed by atoms with van der Waals surface area (Å²) in [7, 11) is 0. The summed E-state index contributed by atoms with van der Waals surface area (Å²) in [5, 5.41) is 9.03. The molecule has 2 aliphatic heterocycles. The average molecular weight is 226 g/mol. The summed E-state index contributed by atoms with van der Waals surface area (Å²) in [6, 6.07) is 0.235. The van der Waals surface area contributed by atoms with Gasteiger partial charge in [0, 0.05) is 31.2 Å². The van der Waals surface area contributed by atoms with Gasteiger partial charge in [0.05, 0.1) is 0 Å². The Balaban J connectivity index is 1.92. The van der Waals surface area contributed by atoms with Crippen LogP contribution >= 0.6 is 0 Å². The highest BCUT2D eigenvalue weighted by atomic mass is 16.4. The van der Waals surface area contributed by atoms with Crippen LogP contribution in [-0.4, -0.2) is 58.1 Å². The monoisotopic (exact) mass is 226 g/mol. The van der Waals surface area contributed by atoms with E-state index in [9.17, 15) is 4.79 Å². The molecule has 0 aromatic rings. The quantitative estimate of drug-likeness (QED) is 0.763. The van der Waals surface area contributed by atoms with E-state index < -0.39 is 5.97 Å². The standard InChI is InChI=1S/C12H22N2O2/c1-12(2,3)13-6-4-9(8-13)14-7-5-10(14)11(15)16/h9-10H,4-8H2,1-3H3,(H,15,16). The number of likely N-dealkylation sites (tertiary alicyclic amines) is 2. The molecule has 2 fully saturated rings. The van der Waals surface area contributed by atoms with Gasteiger partial charge >= 0.3 is 5.97 Å². The summed E-state index contributed by atoms with van der Waals surface area (Å²) < 4.78 is 0. The molecule has 0 aromatic heterocycles. The number of rotatable bonds is 2. The van der Waals surface area contributed by atoms with Gasteiger partial charge in [0.2, 0.25) is 0 Å². The molecule has 2 atom stereocenters. The fraction of sp³-hybridized carbons (Fsp3) is 0.917. The Kier molecular flexibility index (Phi) is 2.97. The summed E-state index contributed by atoms with van der Waals surface area (Å²) in [5.41, 5.74) is 0.207. The molecule has 2 aliphatic rings. The van der Waals surface area contributed by atoms with Crippen molar-refractivity contribution in [3.63, 3.8) is 0 Å². The van der Waals surface area contributed by atoms with E-state index in [1.165, 1.54) is 0 Å². The van der Waals surface area contributed by atoms with Crippen LogP contribution in [0.25, 0.3) is 0 Å². The minimum atomic E-state index is -0.652. The third-order valence-corrected chi connectivity index (χ3v) is 3.93. The molecule has 2 heterocycles. The Morgan fingerprint density at radius 3 is 2.31 bits per heavy atom. The first-order valence-corrected chi connectivity index (χ1v) is 6.13. The minimum absolute atomic E-state index is 0.207. The molecular formula is C12H22N2O2. The van der Waals surface area contributed by atoms with Crippen molar-refractivity contribution in [1.29, 1.82) is 0 Å². The summed E-state index contributed by atoms with van der Waals surface area (Å²) in [5.74, 6) is -0.652. The molecule has 0 spiro atoms. The second-order valence-corrected chi connectivity index (χ2v) is 5.94. The zero-order valence-corrected chi connectivity index (χ0v) is 10.4. The van der Waals surface area contributed by atoms with Crippen molar-refractivity contribution in [2.24, 2.45) is 0 Å². The van der Waals surface area contributed by atoms with Crippen molar-refractivity contribution < 1.29 is 9.90 Å². The van der Waals surface area contributed by atoms with Crippen LogP contribution in [0, 0.1) is 0 Å². The van der Waals surface area contributed by atoms with E-state index in [0.29, 0.717) is 6.04 Å². The lowest BCUT2D eigenvalue weighted by atomic mass is 9.99. The van der Waals surface area contributed by atoms with E-state index in [1.807, 2.05) is 0 Å². The first-order chi connectivity index (χ1) is 7.39. The van der Waals surface area contributed by atoms with Crippen molar-refractivity contribution in [2.45, 2.75) is 51.2 Å². The third kappa shape index (κ3) is 2.09. The zero-order chi connectivity index (χ0) is 11.9. The van der Waals surface area contributed by atoms with Gasteiger partial charge in [-0.05, 0) is 33.6 Å². The maximum absolute atomic E-state index is 11.0. The Morgan fingerprint density at radius 2 is 1.94 bits per heavy atom. The average Bonchev–Trinajstić information content (AvgIpc) is 2.48. The highest BCUT2D eigenvalue weighted by Crippen LogP contribution is 2.29. The van der Waals surface area contributed by atoms with Crippen molar-refractivity contribution in [1.82, 2.24) is 9.80 Å². The topological polar surface area (TPSA) is 43.8 Å². The fourth-order valence-electron chi connectivity index (χ4n) is 2.73. The predicted molar refractivity (Wildman–Crippen MR) is 62.5 cm³/mol. The van der Waals surface area contributed by atoms with Crippen LogP contribution < -0.4 is 0 Å². The molecule has 92 valence electrons. The van der Waals surface area contributed by atoms with Crippen LogP contribution in [0.5, 0.6) is 0 Å². The largest absolute Gasteiger partial charge is 0.480 e. The second kappa shape index (κ2) is 4.00. The van der Waals surface area contributed by atoms with Crippen LogP contribution in [0.1, 0.15) is 33.6 Å². The van der Waals surface area contributed by atoms with Gasteiger partial charge in [-0.25, -0.2) is 0 Å². The highest BCUT2D eigenvalue weighted by Gasteiger charge is 2.42. The lowest BCUT2D eigenvalue weighted by Gasteiger charge is -2.43. The van der Waals surface area contributed by atoms with Gasteiger partial charge in [0.25, 0.3) is 0 Å². The van der Waals surface area contributed by atoms with Crippen molar-refractivity contribution in [3.8, 4) is 0 Å². The molecule has 0 amide bonds. The van der Waals surface area contributed by atoms with E-state index in [-0.39, 0.29) is 11.6 Å². The van der Waals surface area contributed by atoms with Crippen molar-refractivity contribution in [2.75, 3.05) is 19.6 Å². The number of nitrogens with zero attached hydrogens (tertiary/aromatic N) is 2. The lowest BCUT2D eigenvalue weighted by molar-refractivity contribution is -0.150. The van der Waals surface area contributed by atoms with E-state index in [1.54, 1.807) is 0 Å². The number of carboxylic acid groups (broad SMARTS) is 1. The van der Waals surface area contributed by atoms with Gasteiger partial charge in [0.15, 0.2) is 0 Å². The predicted octanol–water partition coefficient (Wildman–Crippen LogP) is 1.02. The molecule has 16 heavy (non-hydrogen) atoms. The first kappa shape index (κ1) is 11.9. The van der Waals surface area contributed by atoms with Crippen molar-refractivity contribution in [3.05, 3.63) is 0 Å². The van der Waals surface area contributed by atoms with Crippen LogP contribution in [0.15, 0.2) is 0 Å². The maximum Gasteiger partial charge on any atom is 0.320 e. The summed E-state index contributed by atoms with van der Waals surface area (Å²) in [6.07, 6.45) is 1.93. The van der Waals surface area contributed by atoms with Crippen LogP contribution in [-0.2, 0) is 4.79 Å². The summed E-state index contributed by atoms with van der Waals surface area (Å²) >= 11 is 0. The Morgan fingerprint density at radius 1 is 1.25 bits per heavy atom. The molecular weight excluding hydrogens is 204 g/mol. The van der Waals surface area contributed by atoms with Gasteiger partial charge in [-0.2, -0.15) is 0 Å². The SMILES string of the molecule is CC(C)(C)N1CCC(N2CCC2C(=O)O)C1. The number of carbonyl (C=O) groups is 1. The van der Waals surface area contributed by atoms with E-state index in [2.05, 4.69) is 30.6 Å².